The molecule has 2 rings (SSSR count). The van der Waals surface area contributed by atoms with Crippen molar-refractivity contribution in [1.29, 1.82) is 0 Å². The lowest BCUT2D eigenvalue weighted by molar-refractivity contribution is -0.142. The van der Waals surface area contributed by atoms with Crippen molar-refractivity contribution in [2.75, 3.05) is 13.2 Å². The quantitative estimate of drug-likeness (QED) is 0.462. The number of ether oxygens (including phenoxy) is 2. The average Bonchev–Trinajstić information content (AvgIpc) is 2.63. The summed E-state index contributed by atoms with van der Waals surface area (Å²) in [5.41, 5.74) is 2.44. The van der Waals surface area contributed by atoms with E-state index in [1.165, 1.54) is 6.92 Å². The second-order valence-electron chi connectivity index (χ2n) is 5.45. The summed E-state index contributed by atoms with van der Waals surface area (Å²) in [5, 5.41) is 0. The van der Waals surface area contributed by atoms with Crippen molar-refractivity contribution >= 4 is 21.9 Å². The van der Waals surface area contributed by atoms with Crippen LogP contribution in [-0.4, -0.2) is 29.0 Å². The second-order valence-corrected chi connectivity index (χ2v) is 6.56. The number of rotatable bonds is 9. The van der Waals surface area contributed by atoms with Gasteiger partial charge < -0.3 is 9.47 Å². The predicted octanol–water partition coefficient (Wildman–Crippen LogP) is 4.13. The van der Waals surface area contributed by atoms with E-state index in [1.54, 1.807) is 19.2 Å². The number of hydrogen-bond acceptors (Lipinski definition) is 4. The van der Waals surface area contributed by atoms with E-state index in [0.29, 0.717) is 31.6 Å². The molecule has 1 atom stereocenters. The lowest BCUT2D eigenvalue weighted by Crippen LogP contribution is -2.19. The molecule has 0 aliphatic heterocycles. The summed E-state index contributed by atoms with van der Waals surface area (Å²) in [6, 6.07) is 11.2. The first-order chi connectivity index (χ1) is 12.8. The van der Waals surface area contributed by atoms with E-state index >= 15 is 0 Å². The zero-order chi connectivity index (χ0) is 19.9. The third-order valence-corrected chi connectivity index (χ3v) is 4.32. The molecule has 0 radical (unpaired) electrons. The molecular weight excluding hydrogens is 382 g/mol. The number of benzene rings is 1. The highest BCUT2D eigenvalue weighted by atomic mass is 79.9. The summed E-state index contributed by atoms with van der Waals surface area (Å²) in [4.78, 5) is 15.6. The van der Waals surface area contributed by atoms with Crippen molar-refractivity contribution in [3.05, 3.63) is 59.4 Å². The molecule has 4 nitrogen and oxygen atoms in total. The van der Waals surface area contributed by atoms with Crippen LogP contribution in [0.15, 0.2) is 42.6 Å². The predicted molar refractivity (Wildman–Crippen MR) is 102 cm³/mol. The fraction of sp³-hybridized carbons (Fsp3) is 0.400. The van der Waals surface area contributed by atoms with Gasteiger partial charge in [-0.3, -0.25) is 9.78 Å². The number of nitrogens with zero attached hydrogens (tertiary/aromatic N) is 1. The molecule has 0 amide bonds. The average molecular weight is 408 g/mol. The van der Waals surface area contributed by atoms with E-state index in [4.69, 9.17) is 12.2 Å². The van der Waals surface area contributed by atoms with Crippen molar-refractivity contribution in [2.45, 2.75) is 37.9 Å². The molecular formula is C20H24BrNO3. The number of halogens is 1. The third-order valence-electron chi connectivity index (χ3n) is 3.62. The van der Waals surface area contributed by atoms with E-state index < -0.39 is 6.37 Å². The first-order valence-electron chi connectivity index (χ1n) is 9.27. The number of aromatic nitrogens is 1. The number of carbonyl (C=O) groups excluding carboxylic acids is 1. The van der Waals surface area contributed by atoms with E-state index in [1.807, 2.05) is 30.3 Å². The molecule has 0 bridgehead atoms. The number of esters is 1. The highest BCUT2D eigenvalue weighted by Gasteiger charge is 2.16. The van der Waals surface area contributed by atoms with Crippen molar-refractivity contribution in [2.24, 2.45) is 0 Å². The van der Waals surface area contributed by atoms with Crippen LogP contribution in [0.5, 0.6) is 5.75 Å². The minimum Gasteiger partial charge on any atom is -0.493 e. The van der Waals surface area contributed by atoms with Gasteiger partial charge in [0.2, 0.25) is 0 Å². The molecule has 1 heterocycles. The van der Waals surface area contributed by atoms with Crippen LogP contribution in [0.2, 0.25) is 0 Å². The Balaban J connectivity index is 1.80. The Hall–Kier alpha value is -1.88. The van der Waals surface area contributed by atoms with Crippen LogP contribution in [0, 0.1) is 0 Å². The van der Waals surface area contributed by atoms with E-state index in [-0.39, 0.29) is 10.8 Å². The van der Waals surface area contributed by atoms with Crippen LogP contribution in [0.25, 0.3) is 0 Å². The SMILES string of the molecule is [2H]C([2H])(C)c1ccc(CCOc2ccc(CC(Br)C(=O)OCC)cc2)nc1. The number of alkyl halides is 1. The lowest BCUT2D eigenvalue weighted by atomic mass is 10.1. The summed E-state index contributed by atoms with van der Waals surface area (Å²) in [7, 11) is 0. The second kappa shape index (κ2) is 10.2. The van der Waals surface area contributed by atoms with Gasteiger partial charge in [0.15, 0.2) is 0 Å². The van der Waals surface area contributed by atoms with Crippen LogP contribution in [-0.2, 0) is 28.7 Å². The van der Waals surface area contributed by atoms with E-state index in [2.05, 4.69) is 20.9 Å². The smallest absolute Gasteiger partial charge is 0.320 e. The minimum atomic E-state index is -1.38. The van der Waals surface area contributed by atoms with E-state index in [0.717, 1.165) is 17.0 Å². The number of aryl methyl sites for hydroxylation is 1. The van der Waals surface area contributed by atoms with Gasteiger partial charge in [-0.1, -0.05) is 41.1 Å². The molecule has 1 unspecified atom stereocenters. The molecule has 0 fully saturated rings. The molecule has 0 N–H and O–H groups in total. The fourth-order valence-corrected chi connectivity index (χ4v) is 2.74. The monoisotopic (exact) mass is 407 g/mol. The molecule has 5 heteroatoms. The Labute approximate surface area is 160 Å². The van der Waals surface area contributed by atoms with Gasteiger partial charge in [0.05, 0.1) is 13.2 Å². The molecule has 1 aromatic carbocycles. The van der Waals surface area contributed by atoms with Gasteiger partial charge in [-0.25, -0.2) is 0 Å². The zero-order valence-electron chi connectivity index (χ0n) is 16.5. The maximum absolute atomic E-state index is 11.6. The molecule has 134 valence electrons. The highest BCUT2D eigenvalue weighted by molar-refractivity contribution is 9.10. The number of carbonyl (C=O) groups is 1. The Morgan fingerprint density at radius 3 is 2.52 bits per heavy atom. The van der Waals surface area contributed by atoms with Gasteiger partial charge in [0.25, 0.3) is 0 Å². The Bertz CT molecular complexity index is 730. The van der Waals surface area contributed by atoms with Crippen molar-refractivity contribution < 1.29 is 17.0 Å². The van der Waals surface area contributed by atoms with Crippen molar-refractivity contribution in [3.8, 4) is 5.75 Å². The Kier molecular flexibility index (Phi) is 6.76. The first-order valence-corrected chi connectivity index (χ1v) is 9.19. The van der Waals surface area contributed by atoms with E-state index in [9.17, 15) is 4.79 Å². The summed E-state index contributed by atoms with van der Waals surface area (Å²) < 4.78 is 26.1. The number of hydrogen-bond donors (Lipinski definition) is 0. The molecule has 0 saturated carbocycles. The largest absolute Gasteiger partial charge is 0.493 e. The molecule has 0 aliphatic carbocycles. The van der Waals surface area contributed by atoms with Crippen LogP contribution in [0.1, 0.15) is 33.4 Å². The minimum absolute atomic E-state index is 0.257. The van der Waals surface area contributed by atoms with Gasteiger partial charge in [0, 0.05) is 21.1 Å². The van der Waals surface area contributed by atoms with Gasteiger partial charge in [0.1, 0.15) is 10.6 Å². The molecule has 0 spiro atoms. The van der Waals surface area contributed by atoms with Crippen LogP contribution in [0.3, 0.4) is 0 Å². The lowest BCUT2D eigenvalue weighted by Gasteiger charge is -2.10. The normalized spacial score (nSPS) is 13.6. The molecule has 2 aromatic rings. The standard InChI is InChI=1S/C20H24BrNO3/c1-3-15-5-8-17(22-14-15)11-12-25-18-9-6-16(7-10-18)13-19(21)20(23)24-4-2/h5-10,14,19H,3-4,11-13H2,1-2H3/i3D2. The summed E-state index contributed by atoms with van der Waals surface area (Å²) in [6.07, 6.45) is 1.39. The highest BCUT2D eigenvalue weighted by Crippen LogP contribution is 2.17. The van der Waals surface area contributed by atoms with Gasteiger partial charge >= 0.3 is 5.97 Å². The number of pyridine rings is 1. The summed E-state index contributed by atoms with van der Waals surface area (Å²) in [5.74, 6) is 0.495. The summed E-state index contributed by atoms with van der Waals surface area (Å²) >= 11 is 3.35. The molecule has 0 aliphatic rings. The topological polar surface area (TPSA) is 48.4 Å². The van der Waals surface area contributed by atoms with Crippen molar-refractivity contribution in [3.63, 3.8) is 0 Å². The zero-order valence-corrected chi connectivity index (χ0v) is 16.1. The maximum atomic E-state index is 11.6. The Morgan fingerprint density at radius 1 is 1.20 bits per heavy atom. The Morgan fingerprint density at radius 2 is 1.92 bits per heavy atom. The van der Waals surface area contributed by atoms with Gasteiger partial charge in [-0.2, -0.15) is 0 Å². The molecule has 1 aromatic heterocycles. The van der Waals surface area contributed by atoms with Crippen LogP contribution < -0.4 is 4.74 Å². The third kappa shape index (κ3) is 6.50. The van der Waals surface area contributed by atoms with Crippen LogP contribution >= 0.6 is 15.9 Å². The molecule has 0 saturated heterocycles. The molecule has 25 heavy (non-hydrogen) atoms. The van der Waals surface area contributed by atoms with Crippen molar-refractivity contribution in [1.82, 2.24) is 4.98 Å². The maximum Gasteiger partial charge on any atom is 0.320 e. The summed E-state index contributed by atoms with van der Waals surface area (Å²) in [6.45, 7) is 4.15. The van der Waals surface area contributed by atoms with Gasteiger partial charge in [-0.05, 0) is 49.0 Å². The van der Waals surface area contributed by atoms with Gasteiger partial charge in [-0.15, -0.1) is 0 Å². The fourth-order valence-electron chi connectivity index (χ4n) is 2.24. The van der Waals surface area contributed by atoms with Crippen LogP contribution in [0.4, 0.5) is 0 Å². The first kappa shape index (κ1) is 16.6.